The molecule has 0 bridgehead atoms. The van der Waals surface area contributed by atoms with Gasteiger partial charge in [-0.25, -0.2) is 4.99 Å². The highest BCUT2D eigenvalue weighted by atomic mass is 16.5. The summed E-state index contributed by atoms with van der Waals surface area (Å²) in [6.45, 7) is 1.45. The van der Waals surface area contributed by atoms with Gasteiger partial charge in [-0.1, -0.05) is 36.4 Å². The zero-order chi connectivity index (χ0) is 17.6. The maximum Gasteiger partial charge on any atom is 0.266 e. The van der Waals surface area contributed by atoms with Crippen molar-refractivity contribution in [1.82, 2.24) is 4.90 Å². The van der Waals surface area contributed by atoms with Crippen molar-refractivity contribution < 1.29 is 9.53 Å². The van der Waals surface area contributed by atoms with Crippen LogP contribution in [0.5, 0.6) is 5.75 Å². The summed E-state index contributed by atoms with van der Waals surface area (Å²) in [4.78, 5) is 21.3. The fourth-order valence-electron chi connectivity index (χ4n) is 3.45. The lowest BCUT2D eigenvalue weighted by Gasteiger charge is -2.31. The van der Waals surface area contributed by atoms with Crippen LogP contribution in [0.4, 0.5) is 5.69 Å². The summed E-state index contributed by atoms with van der Waals surface area (Å²) in [6, 6.07) is 15.3. The van der Waals surface area contributed by atoms with E-state index in [4.69, 9.17) is 10.5 Å². The Labute approximate surface area is 146 Å². The SMILES string of the molecule is CN1C(=O)C(c2ccccc2)(c2ccc3c(c2)OCCN3C)N=C1N. The van der Waals surface area contributed by atoms with Crippen molar-refractivity contribution in [2.75, 3.05) is 32.1 Å². The van der Waals surface area contributed by atoms with Crippen molar-refractivity contribution in [2.24, 2.45) is 10.7 Å². The molecule has 6 nitrogen and oxygen atoms in total. The van der Waals surface area contributed by atoms with Gasteiger partial charge < -0.3 is 15.4 Å². The average molecular weight is 336 g/mol. The first-order valence-corrected chi connectivity index (χ1v) is 8.21. The summed E-state index contributed by atoms with van der Waals surface area (Å²) < 4.78 is 5.82. The lowest BCUT2D eigenvalue weighted by Crippen LogP contribution is -2.41. The Bertz CT molecular complexity index is 865. The zero-order valence-corrected chi connectivity index (χ0v) is 14.3. The average Bonchev–Trinajstić information content (AvgIpc) is 2.87. The van der Waals surface area contributed by atoms with E-state index in [0.29, 0.717) is 6.61 Å². The van der Waals surface area contributed by atoms with Crippen LogP contribution >= 0.6 is 0 Å². The van der Waals surface area contributed by atoms with E-state index in [0.717, 1.165) is 29.1 Å². The van der Waals surface area contributed by atoms with Crippen molar-refractivity contribution in [3.05, 3.63) is 59.7 Å². The second kappa shape index (κ2) is 5.51. The minimum absolute atomic E-state index is 0.166. The van der Waals surface area contributed by atoms with E-state index in [-0.39, 0.29) is 11.9 Å². The van der Waals surface area contributed by atoms with Crippen LogP contribution < -0.4 is 15.4 Å². The summed E-state index contributed by atoms with van der Waals surface area (Å²) in [5, 5.41) is 0. The number of rotatable bonds is 2. The van der Waals surface area contributed by atoms with Gasteiger partial charge in [-0.2, -0.15) is 0 Å². The smallest absolute Gasteiger partial charge is 0.266 e. The predicted octanol–water partition coefficient (Wildman–Crippen LogP) is 1.55. The fraction of sp³-hybridized carbons (Fsp3) is 0.263. The van der Waals surface area contributed by atoms with Gasteiger partial charge in [0.05, 0.1) is 12.2 Å². The molecule has 0 saturated heterocycles. The van der Waals surface area contributed by atoms with E-state index >= 15 is 0 Å². The van der Waals surface area contributed by atoms with E-state index in [1.807, 2.05) is 55.6 Å². The van der Waals surface area contributed by atoms with Gasteiger partial charge in [-0.05, 0) is 23.3 Å². The van der Waals surface area contributed by atoms with Crippen molar-refractivity contribution in [2.45, 2.75) is 5.54 Å². The number of carbonyl (C=O) groups excluding carboxylic acids is 1. The van der Waals surface area contributed by atoms with E-state index in [1.54, 1.807) is 7.05 Å². The molecule has 25 heavy (non-hydrogen) atoms. The highest BCUT2D eigenvalue weighted by Gasteiger charge is 2.49. The third kappa shape index (κ3) is 2.17. The summed E-state index contributed by atoms with van der Waals surface area (Å²) >= 11 is 0. The molecule has 6 heteroatoms. The molecule has 2 N–H and O–H groups in total. The van der Waals surface area contributed by atoms with Gasteiger partial charge in [0.1, 0.15) is 12.4 Å². The topological polar surface area (TPSA) is 71.2 Å². The molecule has 128 valence electrons. The van der Waals surface area contributed by atoms with Crippen molar-refractivity contribution in [3.8, 4) is 5.75 Å². The summed E-state index contributed by atoms with van der Waals surface area (Å²) in [6.07, 6.45) is 0. The van der Waals surface area contributed by atoms with Crippen LogP contribution in [0.15, 0.2) is 53.5 Å². The number of aliphatic imine (C=N–C) groups is 1. The number of hydrogen-bond donors (Lipinski definition) is 1. The summed E-state index contributed by atoms with van der Waals surface area (Å²) in [5.74, 6) is 0.808. The number of nitrogens with two attached hydrogens (primary N) is 1. The molecule has 0 spiro atoms. The van der Waals surface area contributed by atoms with Gasteiger partial charge in [0.15, 0.2) is 11.5 Å². The molecule has 2 aliphatic heterocycles. The number of guanidine groups is 1. The monoisotopic (exact) mass is 336 g/mol. The second-order valence-corrected chi connectivity index (χ2v) is 6.36. The van der Waals surface area contributed by atoms with Crippen molar-refractivity contribution in [3.63, 3.8) is 0 Å². The van der Waals surface area contributed by atoms with Gasteiger partial charge in [0, 0.05) is 14.1 Å². The number of anilines is 1. The van der Waals surface area contributed by atoms with Gasteiger partial charge >= 0.3 is 0 Å². The molecule has 0 aliphatic carbocycles. The third-order valence-electron chi connectivity index (χ3n) is 4.90. The number of nitrogens with zero attached hydrogens (tertiary/aromatic N) is 3. The molecule has 2 aliphatic rings. The van der Waals surface area contributed by atoms with Gasteiger partial charge in [-0.3, -0.25) is 9.69 Å². The molecule has 0 aromatic heterocycles. The number of fused-ring (bicyclic) bond motifs is 1. The third-order valence-corrected chi connectivity index (χ3v) is 4.90. The predicted molar refractivity (Wildman–Crippen MR) is 96.8 cm³/mol. The number of amides is 1. The Morgan fingerprint density at radius 3 is 2.56 bits per heavy atom. The Hall–Kier alpha value is -3.02. The van der Waals surface area contributed by atoms with Gasteiger partial charge in [-0.15, -0.1) is 0 Å². The largest absolute Gasteiger partial charge is 0.490 e. The van der Waals surface area contributed by atoms with Crippen molar-refractivity contribution >= 4 is 17.6 Å². The minimum atomic E-state index is -1.17. The van der Waals surface area contributed by atoms with E-state index in [2.05, 4.69) is 9.89 Å². The van der Waals surface area contributed by atoms with Crippen LogP contribution in [-0.2, 0) is 10.3 Å². The van der Waals surface area contributed by atoms with E-state index < -0.39 is 5.54 Å². The van der Waals surface area contributed by atoms with E-state index in [9.17, 15) is 4.79 Å². The molecular weight excluding hydrogens is 316 g/mol. The van der Waals surface area contributed by atoms with Crippen LogP contribution in [0.3, 0.4) is 0 Å². The second-order valence-electron chi connectivity index (χ2n) is 6.36. The number of benzene rings is 2. The molecule has 1 unspecified atom stereocenters. The number of carbonyl (C=O) groups is 1. The summed E-state index contributed by atoms with van der Waals surface area (Å²) in [5.41, 5.74) is 7.37. The first-order valence-electron chi connectivity index (χ1n) is 8.21. The summed E-state index contributed by atoms with van der Waals surface area (Å²) in [7, 11) is 3.67. The Morgan fingerprint density at radius 2 is 1.88 bits per heavy atom. The molecule has 2 heterocycles. The number of hydrogen-bond acceptors (Lipinski definition) is 5. The molecule has 0 radical (unpaired) electrons. The standard InChI is InChI=1S/C19H20N4O2/c1-22-10-11-25-16-12-14(8-9-15(16)22)19(13-6-4-3-5-7-13)17(24)23(2)18(20)21-19/h3-9,12H,10-11H2,1-2H3,(H2,20,21). The first-order chi connectivity index (χ1) is 12.0. The minimum Gasteiger partial charge on any atom is -0.490 e. The molecule has 2 aromatic rings. The highest BCUT2D eigenvalue weighted by Crippen LogP contribution is 2.42. The van der Waals surface area contributed by atoms with Crippen LogP contribution in [0.2, 0.25) is 0 Å². The first kappa shape index (κ1) is 15.5. The molecule has 1 amide bonds. The Kier molecular flexibility index (Phi) is 3.42. The number of ether oxygens (including phenoxy) is 1. The zero-order valence-electron chi connectivity index (χ0n) is 14.3. The fourth-order valence-corrected chi connectivity index (χ4v) is 3.45. The highest BCUT2D eigenvalue weighted by molar-refractivity contribution is 6.09. The van der Waals surface area contributed by atoms with Gasteiger partial charge in [0.2, 0.25) is 0 Å². The molecular formula is C19H20N4O2. The molecule has 1 atom stereocenters. The lowest BCUT2D eigenvalue weighted by atomic mass is 9.82. The van der Waals surface area contributed by atoms with Crippen LogP contribution in [-0.4, -0.2) is 44.0 Å². The quantitative estimate of drug-likeness (QED) is 0.903. The maximum atomic E-state index is 13.2. The molecule has 0 saturated carbocycles. The van der Waals surface area contributed by atoms with Gasteiger partial charge in [0.25, 0.3) is 5.91 Å². The number of likely N-dealkylation sites (N-methyl/N-ethyl adjacent to an activating group) is 2. The molecule has 0 fully saturated rings. The van der Waals surface area contributed by atoms with Crippen LogP contribution in [0, 0.1) is 0 Å². The Balaban J connectivity index is 1.93. The van der Waals surface area contributed by atoms with Crippen LogP contribution in [0.25, 0.3) is 0 Å². The van der Waals surface area contributed by atoms with Crippen molar-refractivity contribution in [1.29, 1.82) is 0 Å². The maximum absolute atomic E-state index is 13.2. The lowest BCUT2D eigenvalue weighted by molar-refractivity contribution is -0.129. The molecule has 4 rings (SSSR count). The Morgan fingerprint density at radius 1 is 1.12 bits per heavy atom. The normalized spacial score (nSPS) is 22.5. The molecule has 2 aromatic carbocycles. The van der Waals surface area contributed by atoms with Crippen LogP contribution in [0.1, 0.15) is 11.1 Å². The van der Waals surface area contributed by atoms with E-state index in [1.165, 1.54) is 4.90 Å².